The first kappa shape index (κ1) is 11.8. The third-order valence-corrected chi connectivity index (χ3v) is 3.32. The van der Waals surface area contributed by atoms with Crippen LogP contribution in [0.5, 0.6) is 0 Å². The van der Waals surface area contributed by atoms with Crippen molar-refractivity contribution in [2.75, 3.05) is 5.75 Å². The zero-order valence-electron chi connectivity index (χ0n) is 8.63. The van der Waals surface area contributed by atoms with E-state index in [2.05, 4.69) is 4.52 Å². The maximum atomic E-state index is 11.5. The van der Waals surface area contributed by atoms with Gasteiger partial charge in [0.05, 0.1) is 5.75 Å². The third-order valence-electron chi connectivity index (χ3n) is 1.85. The molecule has 0 fully saturated rings. The molecule has 0 N–H and O–H groups in total. The van der Waals surface area contributed by atoms with Crippen LogP contribution in [0, 0.1) is 0 Å². The van der Waals surface area contributed by atoms with Crippen LogP contribution < -0.4 is 11.4 Å². The Labute approximate surface area is 85.9 Å². The topological polar surface area (TPSA) is 91.3 Å². The molecular formula is C7H12N2O5S. The van der Waals surface area contributed by atoms with Crippen molar-refractivity contribution >= 4 is 10.0 Å². The summed E-state index contributed by atoms with van der Waals surface area (Å²) in [6.45, 7) is 4.52. The number of rotatable bonds is 3. The molecule has 1 aromatic heterocycles. The maximum Gasteiger partial charge on any atom is 0.443 e. The zero-order chi connectivity index (χ0) is 11.8. The van der Waals surface area contributed by atoms with E-state index in [9.17, 15) is 18.0 Å². The Morgan fingerprint density at radius 2 is 1.87 bits per heavy atom. The molecule has 0 saturated heterocycles. The summed E-state index contributed by atoms with van der Waals surface area (Å²) in [5, 5.41) is 0. The Bertz CT molecular complexity index is 559. The summed E-state index contributed by atoms with van der Waals surface area (Å²) < 4.78 is 27.9. The highest BCUT2D eigenvalue weighted by atomic mass is 32.2. The SMILES string of the molecule is CCS(=O)(=O)n1oc(=O)n(C(C)C)c1=O. The molecule has 1 heterocycles. The second kappa shape index (κ2) is 3.69. The lowest BCUT2D eigenvalue weighted by Gasteiger charge is -1.99. The van der Waals surface area contributed by atoms with Gasteiger partial charge < -0.3 is 4.52 Å². The van der Waals surface area contributed by atoms with Crippen molar-refractivity contribution in [2.24, 2.45) is 0 Å². The quantitative estimate of drug-likeness (QED) is 0.697. The monoisotopic (exact) mass is 236 g/mol. The van der Waals surface area contributed by atoms with Crippen LogP contribution >= 0.6 is 0 Å². The molecule has 0 aromatic carbocycles. The molecule has 0 spiro atoms. The van der Waals surface area contributed by atoms with Gasteiger partial charge in [-0.1, -0.05) is 0 Å². The molecule has 0 aliphatic heterocycles. The van der Waals surface area contributed by atoms with E-state index in [-0.39, 0.29) is 9.90 Å². The average Bonchev–Trinajstić information content (AvgIpc) is 2.42. The van der Waals surface area contributed by atoms with E-state index in [0.29, 0.717) is 0 Å². The van der Waals surface area contributed by atoms with Crippen LogP contribution in [0.3, 0.4) is 0 Å². The van der Waals surface area contributed by atoms with E-state index in [4.69, 9.17) is 0 Å². The van der Waals surface area contributed by atoms with Gasteiger partial charge >= 0.3 is 11.4 Å². The highest BCUT2D eigenvalue weighted by Gasteiger charge is 2.22. The Hall–Kier alpha value is -1.31. The molecule has 0 radical (unpaired) electrons. The number of hydrogen-bond donors (Lipinski definition) is 0. The molecule has 7 nitrogen and oxygen atoms in total. The van der Waals surface area contributed by atoms with E-state index in [0.717, 1.165) is 4.57 Å². The molecule has 86 valence electrons. The second-order valence-electron chi connectivity index (χ2n) is 3.23. The summed E-state index contributed by atoms with van der Waals surface area (Å²) >= 11 is 0. The van der Waals surface area contributed by atoms with E-state index < -0.39 is 27.5 Å². The second-order valence-corrected chi connectivity index (χ2v) is 5.30. The normalized spacial score (nSPS) is 12.3. The Kier molecular flexibility index (Phi) is 2.89. The van der Waals surface area contributed by atoms with Gasteiger partial charge in [-0.2, -0.15) is 0 Å². The van der Waals surface area contributed by atoms with Crippen molar-refractivity contribution in [3.05, 3.63) is 21.0 Å². The van der Waals surface area contributed by atoms with Gasteiger partial charge in [0.1, 0.15) is 0 Å². The van der Waals surface area contributed by atoms with Crippen LogP contribution in [0.15, 0.2) is 14.1 Å². The van der Waals surface area contributed by atoms with Crippen LogP contribution in [-0.2, 0) is 10.0 Å². The van der Waals surface area contributed by atoms with Gasteiger partial charge in [-0.3, -0.25) is 0 Å². The van der Waals surface area contributed by atoms with Crippen molar-refractivity contribution in [1.29, 1.82) is 0 Å². The van der Waals surface area contributed by atoms with Crippen LogP contribution in [-0.4, -0.2) is 22.9 Å². The van der Waals surface area contributed by atoms with Gasteiger partial charge in [-0.15, -0.1) is 0 Å². The predicted molar refractivity (Wildman–Crippen MR) is 52.5 cm³/mol. The van der Waals surface area contributed by atoms with E-state index in [1.54, 1.807) is 13.8 Å². The van der Waals surface area contributed by atoms with Gasteiger partial charge in [-0.25, -0.2) is 22.6 Å². The number of hydrogen-bond acceptors (Lipinski definition) is 5. The number of aromatic nitrogens is 2. The first-order chi connectivity index (χ1) is 6.81. The smallest absolute Gasteiger partial charge is 0.301 e. The molecule has 1 rings (SSSR count). The van der Waals surface area contributed by atoms with Crippen LogP contribution in [0.1, 0.15) is 26.8 Å². The first-order valence-corrected chi connectivity index (χ1v) is 6.00. The largest absolute Gasteiger partial charge is 0.443 e. The van der Waals surface area contributed by atoms with Gasteiger partial charge in [0.15, 0.2) is 0 Å². The fraction of sp³-hybridized carbons (Fsp3) is 0.714. The van der Waals surface area contributed by atoms with Crippen molar-refractivity contribution < 1.29 is 12.9 Å². The molecule has 15 heavy (non-hydrogen) atoms. The maximum absolute atomic E-state index is 11.5. The molecular weight excluding hydrogens is 224 g/mol. The summed E-state index contributed by atoms with van der Waals surface area (Å²) in [6.07, 6.45) is 0. The lowest BCUT2D eigenvalue weighted by Crippen LogP contribution is -2.33. The van der Waals surface area contributed by atoms with Crippen LogP contribution in [0.2, 0.25) is 0 Å². The average molecular weight is 236 g/mol. The summed E-state index contributed by atoms with van der Waals surface area (Å²) in [6, 6.07) is -0.443. The molecule has 0 aliphatic carbocycles. The van der Waals surface area contributed by atoms with Gasteiger partial charge in [0.25, 0.3) is 10.0 Å². The number of nitrogens with zero attached hydrogens (tertiary/aromatic N) is 2. The Morgan fingerprint density at radius 3 is 2.20 bits per heavy atom. The minimum absolute atomic E-state index is 0.134. The summed E-state index contributed by atoms with van der Waals surface area (Å²) in [4.78, 5) is 22.7. The molecule has 0 unspecified atom stereocenters. The molecule has 1 aromatic rings. The van der Waals surface area contributed by atoms with E-state index in [1.807, 2.05) is 0 Å². The lowest BCUT2D eigenvalue weighted by atomic mass is 10.4. The molecule has 0 atom stereocenters. The molecule has 0 saturated carbocycles. The summed E-state index contributed by atoms with van der Waals surface area (Å²) in [5.74, 6) is -1.27. The Balaban J connectivity index is 3.59. The molecule has 0 aliphatic rings. The van der Waals surface area contributed by atoms with Crippen molar-refractivity contribution in [2.45, 2.75) is 26.8 Å². The highest BCUT2D eigenvalue weighted by Crippen LogP contribution is 1.97. The fourth-order valence-electron chi connectivity index (χ4n) is 1.04. The third kappa shape index (κ3) is 1.89. The van der Waals surface area contributed by atoms with Crippen molar-refractivity contribution in [3.63, 3.8) is 0 Å². The first-order valence-electron chi connectivity index (χ1n) is 4.39. The van der Waals surface area contributed by atoms with Gasteiger partial charge in [0, 0.05) is 6.04 Å². The predicted octanol–water partition coefficient (Wildman–Crippen LogP) is -0.618. The standard InChI is InChI=1S/C7H12N2O5S/c1-4-15(12,13)9-6(10)8(5(2)3)7(11)14-9/h5H,4H2,1-3H3. The van der Waals surface area contributed by atoms with Crippen molar-refractivity contribution in [3.8, 4) is 0 Å². The minimum atomic E-state index is -3.85. The zero-order valence-corrected chi connectivity index (χ0v) is 9.44. The van der Waals surface area contributed by atoms with Gasteiger partial charge in [-0.05, 0) is 24.9 Å². The van der Waals surface area contributed by atoms with Crippen LogP contribution in [0.25, 0.3) is 0 Å². The molecule has 0 bridgehead atoms. The lowest BCUT2D eigenvalue weighted by molar-refractivity contribution is 0.328. The van der Waals surface area contributed by atoms with E-state index in [1.165, 1.54) is 6.92 Å². The fourth-order valence-corrected chi connectivity index (χ4v) is 1.78. The Morgan fingerprint density at radius 1 is 1.33 bits per heavy atom. The molecule has 8 heteroatoms. The van der Waals surface area contributed by atoms with Gasteiger partial charge in [0.2, 0.25) is 0 Å². The highest BCUT2D eigenvalue weighted by molar-refractivity contribution is 7.89. The molecule has 0 amide bonds. The minimum Gasteiger partial charge on any atom is -0.301 e. The van der Waals surface area contributed by atoms with E-state index >= 15 is 0 Å². The summed E-state index contributed by atoms with van der Waals surface area (Å²) in [7, 11) is -3.85. The van der Waals surface area contributed by atoms with Crippen LogP contribution in [0.4, 0.5) is 0 Å². The summed E-state index contributed by atoms with van der Waals surface area (Å²) in [5.41, 5.74) is -0.961. The van der Waals surface area contributed by atoms with Crippen molar-refractivity contribution in [1.82, 2.24) is 8.71 Å².